The van der Waals surface area contributed by atoms with E-state index in [4.69, 9.17) is 4.42 Å². The van der Waals surface area contributed by atoms with Crippen LogP contribution in [0.2, 0.25) is 0 Å². The van der Waals surface area contributed by atoms with E-state index in [9.17, 15) is 0 Å². The van der Waals surface area contributed by atoms with Gasteiger partial charge in [-0.25, -0.2) is 0 Å². The van der Waals surface area contributed by atoms with Crippen LogP contribution in [0.25, 0.3) is 50.9 Å². The number of aryl methyl sites for hydroxylation is 1. The highest BCUT2D eigenvalue weighted by atomic mass is 16.3. The van der Waals surface area contributed by atoms with Crippen molar-refractivity contribution in [2.75, 3.05) is 5.32 Å². The summed E-state index contributed by atoms with van der Waals surface area (Å²) in [6.45, 7) is 9.44. The molecule has 0 atom stereocenters. The molecule has 0 fully saturated rings. The van der Waals surface area contributed by atoms with Gasteiger partial charge in [0, 0.05) is 40.1 Å². The fraction of sp³-hybridized carbons (Fsp3) is 0.148. The number of hydrogen-bond acceptors (Lipinski definition) is 2. The van der Waals surface area contributed by atoms with Crippen LogP contribution in [-0.2, 0) is 22.7 Å². The van der Waals surface area contributed by atoms with Crippen LogP contribution in [0.1, 0.15) is 95.5 Å². The van der Waals surface area contributed by atoms with Crippen LogP contribution in [0.4, 0.5) is 5.69 Å². The average Bonchev–Trinajstić information content (AvgIpc) is 3.90. The summed E-state index contributed by atoms with van der Waals surface area (Å²) in [4.78, 5) is 0. The molecule has 0 unspecified atom stereocenters. The molecule has 7 aromatic carbocycles. The summed E-state index contributed by atoms with van der Waals surface area (Å²) in [5.74, 6) is 1.10. The second kappa shape index (κ2) is 13.9. The van der Waals surface area contributed by atoms with E-state index in [-0.39, 0.29) is 10.8 Å². The van der Waals surface area contributed by atoms with Gasteiger partial charge < -0.3 is 9.73 Å². The van der Waals surface area contributed by atoms with Crippen molar-refractivity contribution >= 4 is 34.4 Å². The maximum Gasteiger partial charge on any atom is 0.134 e. The summed E-state index contributed by atoms with van der Waals surface area (Å²) in [5, 5.41) is 4.85. The molecular formula is C61H49NO. The quantitative estimate of drug-likeness (QED) is 0.187. The number of fused-ring (bicyclic) bond motifs is 12. The van der Waals surface area contributed by atoms with Crippen LogP contribution in [0.15, 0.2) is 192 Å². The lowest BCUT2D eigenvalue weighted by atomic mass is 9.55. The standard InChI is InChI=1S/C61H49NO/c1-59(2)49-20-8-5-16-43(49)46-33-32-42(38-55(46)59)62-35-15-19-45-44-17-6-9-21-50(44)61(53-24-12-10-22-51(53)60(3,4)52-23-11-13-25-54(52)61)56(45)36-39-27-29-40(30-28-39)41-31-34-58-48(37-41)47-18-7-14-26-57(47)63-58/h5-13,15-25,27-38,62H,14,26H2,1-4H3/b35-15+,45-19-,56-36+. The van der Waals surface area contributed by atoms with E-state index in [2.05, 4.69) is 227 Å². The lowest BCUT2D eigenvalue weighted by Gasteiger charge is -2.46. The van der Waals surface area contributed by atoms with Gasteiger partial charge in [0.25, 0.3) is 0 Å². The molecule has 1 heterocycles. The Balaban J connectivity index is 0.991. The first-order valence-corrected chi connectivity index (χ1v) is 22.5. The molecule has 1 spiro atoms. The Morgan fingerprint density at radius 1 is 0.556 bits per heavy atom. The van der Waals surface area contributed by atoms with Gasteiger partial charge in [0.05, 0.1) is 5.41 Å². The number of furan rings is 1. The van der Waals surface area contributed by atoms with Gasteiger partial charge in [0.1, 0.15) is 11.3 Å². The predicted molar refractivity (Wildman–Crippen MR) is 263 cm³/mol. The Bertz CT molecular complexity index is 3260. The van der Waals surface area contributed by atoms with E-state index in [0.29, 0.717) is 0 Å². The Labute approximate surface area is 370 Å². The van der Waals surface area contributed by atoms with Crippen LogP contribution >= 0.6 is 0 Å². The normalized spacial score (nSPS) is 18.0. The van der Waals surface area contributed by atoms with Crippen molar-refractivity contribution < 1.29 is 4.42 Å². The highest BCUT2D eigenvalue weighted by Gasteiger charge is 2.54. The van der Waals surface area contributed by atoms with Crippen LogP contribution < -0.4 is 5.32 Å². The maximum absolute atomic E-state index is 6.25. The molecule has 12 rings (SSSR count). The van der Waals surface area contributed by atoms with E-state index in [1.165, 1.54) is 94.4 Å². The number of nitrogens with one attached hydrogen (secondary N) is 1. The summed E-state index contributed by atoms with van der Waals surface area (Å²) in [6, 6.07) is 58.9. The number of allylic oxidation sites excluding steroid dienone is 5. The lowest BCUT2D eigenvalue weighted by Crippen LogP contribution is -2.40. The summed E-state index contributed by atoms with van der Waals surface area (Å²) in [6.07, 6.45) is 15.6. The molecule has 2 nitrogen and oxygen atoms in total. The van der Waals surface area contributed by atoms with Crippen molar-refractivity contribution in [2.45, 2.75) is 56.8 Å². The van der Waals surface area contributed by atoms with E-state index < -0.39 is 5.41 Å². The topological polar surface area (TPSA) is 25.2 Å². The zero-order chi connectivity index (χ0) is 42.5. The van der Waals surface area contributed by atoms with Gasteiger partial charge >= 0.3 is 0 Å². The molecule has 4 aliphatic carbocycles. The molecule has 1 aromatic heterocycles. The number of rotatable bonds is 5. The fourth-order valence-corrected chi connectivity index (χ4v) is 11.6. The highest BCUT2D eigenvalue weighted by Crippen LogP contribution is 2.63. The first-order valence-electron chi connectivity index (χ1n) is 22.5. The Morgan fingerprint density at radius 3 is 1.92 bits per heavy atom. The number of anilines is 1. The largest absolute Gasteiger partial charge is 0.460 e. The van der Waals surface area contributed by atoms with Crippen molar-refractivity contribution in [3.05, 3.63) is 249 Å². The molecule has 1 N–H and O–H groups in total. The van der Waals surface area contributed by atoms with Crippen molar-refractivity contribution in [1.29, 1.82) is 0 Å². The average molecular weight is 812 g/mol. The van der Waals surface area contributed by atoms with E-state index in [1.807, 2.05) is 0 Å². The first-order chi connectivity index (χ1) is 30.7. The molecule has 304 valence electrons. The third-order valence-electron chi connectivity index (χ3n) is 14.7. The third kappa shape index (κ3) is 5.50. The summed E-state index contributed by atoms with van der Waals surface area (Å²) in [5.41, 5.74) is 22.0. The molecule has 0 bridgehead atoms. The summed E-state index contributed by atoms with van der Waals surface area (Å²) in [7, 11) is 0. The van der Waals surface area contributed by atoms with Gasteiger partial charge in [-0.3, -0.25) is 0 Å². The molecule has 0 saturated carbocycles. The molecule has 8 aromatic rings. The van der Waals surface area contributed by atoms with Gasteiger partial charge in [0.2, 0.25) is 0 Å². The molecule has 0 saturated heterocycles. The molecule has 4 aliphatic rings. The molecule has 63 heavy (non-hydrogen) atoms. The minimum atomic E-state index is -0.523. The lowest BCUT2D eigenvalue weighted by molar-refractivity contribution is 0.546. The van der Waals surface area contributed by atoms with Crippen molar-refractivity contribution in [3.63, 3.8) is 0 Å². The van der Waals surface area contributed by atoms with Gasteiger partial charge in [-0.15, -0.1) is 0 Å². The van der Waals surface area contributed by atoms with Crippen LogP contribution in [0.5, 0.6) is 0 Å². The smallest absolute Gasteiger partial charge is 0.134 e. The van der Waals surface area contributed by atoms with Gasteiger partial charge in [-0.2, -0.15) is 0 Å². The van der Waals surface area contributed by atoms with Crippen molar-refractivity contribution in [3.8, 4) is 22.3 Å². The van der Waals surface area contributed by atoms with E-state index in [0.717, 1.165) is 29.9 Å². The molecule has 0 aliphatic heterocycles. The number of benzene rings is 7. The van der Waals surface area contributed by atoms with Crippen molar-refractivity contribution in [2.24, 2.45) is 0 Å². The van der Waals surface area contributed by atoms with Gasteiger partial charge in [-0.1, -0.05) is 179 Å². The van der Waals surface area contributed by atoms with Crippen LogP contribution in [0.3, 0.4) is 0 Å². The minimum Gasteiger partial charge on any atom is -0.460 e. The second-order valence-electron chi connectivity index (χ2n) is 18.8. The Hall–Kier alpha value is -7.16. The zero-order valence-electron chi connectivity index (χ0n) is 36.3. The van der Waals surface area contributed by atoms with Gasteiger partial charge in [-0.05, 0) is 126 Å². The van der Waals surface area contributed by atoms with Crippen LogP contribution in [0, 0.1) is 0 Å². The zero-order valence-corrected chi connectivity index (χ0v) is 36.3. The fourth-order valence-electron chi connectivity index (χ4n) is 11.6. The van der Waals surface area contributed by atoms with Crippen molar-refractivity contribution in [1.82, 2.24) is 0 Å². The van der Waals surface area contributed by atoms with Crippen LogP contribution in [-0.4, -0.2) is 0 Å². The van der Waals surface area contributed by atoms with E-state index >= 15 is 0 Å². The monoisotopic (exact) mass is 811 g/mol. The van der Waals surface area contributed by atoms with E-state index in [1.54, 1.807) is 0 Å². The minimum absolute atomic E-state index is 0.0548. The molecule has 0 amide bonds. The SMILES string of the molecule is CC1(C)c2ccccc2-c2ccc(N/C=C/C=C3\C(=C/c4ccc(-c5ccc6oc7c(c6c5)C=CCC7)cc4)C4(c5ccccc53)c3ccccc3C(C)(C)c3ccccc34)cc21. The van der Waals surface area contributed by atoms with Gasteiger partial charge in [0.15, 0.2) is 0 Å². The first kappa shape index (κ1) is 37.6. The molecule has 0 radical (unpaired) electrons. The Morgan fingerprint density at radius 2 is 1.17 bits per heavy atom. The third-order valence-corrected chi connectivity index (χ3v) is 14.7. The predicted octanol–water partition coefficient (Wildman–Crippen LogP) is 15.4. The summed E-state index contributed by atoms with van der Waals surface area (Å²) < 4.78 is 6.25. The summed E-state index contributed by atoms with van der Waals surface area (Å²) >= 11 is 0. The highest BCUT2D eigenvalue weighted by molar-refractivity contribution is 6.00. The molecule has 2 heteroatoms. The Kier molecular flexibility index (Phi) is 8.31. The number of hydrogen-bond donors (Lipinski definition) is 1. The second-order valence-corrected chi connectivity index (χ2v) is 18.8. The maximum atomic E-state index is 6.25. The molecular weight excluding hydrogens is 763 g/mol.